The van der Waals surface area contributed by atoms with Gasteiger partial charge < -0.3 is 39.5 Å². The van der Waals surface area contributed by atoms with Crippen molar-refractivity contribution in [1.82, 2.24) is 39.0 Å². The third kappa shape index (κ3) is 10.7. The Bertz CT molecular complexity index is 3080. The summed E-state index contributed by atoms with van der Waals surface area (Å²) in [5.74, 6) is 1.99. The van der Waals surface area contributed by atoms with Crippen LogP contribution in [0, 0.1) is 25.5 Å². The molecule has 2 aliphatic heterocycles. The smallest absolute Gasteiger partial charge is 0.229 e. The molecule has 0 saturated carbocycles. The van der Waals surface area contributed by atoms with E-state index < -0.39 is 5.82 Å². The Hall–Kier alpha value is -6.43. The highest BCUT2D eigenvalue weighted by Gasteiger charge is 2.31. The van der Waals surface area contributed by atoms with Crippen molar-refractivity contribution >= 4 is 87.0 Å². The first-order valence-electron chi connectivity index (χ1n) is 20.3. The standard InChI is InChI=1S/C23H19Cl2FN6O.C13H10Cl3N3O.C10H10FN3/c1-13-10-32(12-28-13)19-6-4-15(8-18(19)26)29-23-27-9-21-22(30-23)31(2)20(11-33-21)16-5-3-14(24)7-17(16)25;1-19-10(8-3-2-7(14)4-9(8)15)6-20-11-5-17-13(16)18-12(11)19;1-7-5-14(6-13-7)10-3-2-8(12)4-9(10)11/h3-10,12,20H,11H2,1-2H3,(H,27,29,30);2-5,10H,6H2,1H3;2-6H,12H2,1H3. The number of halogens is 7. The number of hydrogen-bond acceptors (Lipinski definition) is 12. The first-order chi connectivity index (χ1) is 32.1. The molecule has 14 nitrogen and oxygen atoms in total. The lowest BCUT2D eigenvalue weighted by molar-refractivity contribution is 0.265. The van der Waals surface area contributed by atoms with Crippen molar-refractivity contribution in [3.8, 4) is 22.9 Å². The van der Waals surface area contributed by atoms with Crippen LogP contribution in [0.4, 0.5) is 37.7 Å². The van der Waals surface area contributed by atoms with Gasteiger partial charge in [0.1, 0.15) is 24.8 Å². The number of anilines is 5. The number of imidazole rings is 2. The van der Waals surface area contributed by atoms with E-state index in [2.05, 4.69) is 35.2 Å². The summed E-state index contributed by atoms with van der Waals surface area (Å²) < 4.78 is 43.0. The molecule has 8 aromatic rings. The lowest BCUT2D eigenvalue weighted by atomic mass is 10.1. The van der Waals surface area contributed by atoms with Crippen molar-refractivity contribution in [3.05, 3.63) is 170 Å². The van der Waals surface area contributed by atoms with Crippen molar-refractivity contribution in [2.24, 2.45) is 0 Å². The fourth-order valence-electron chi connectivity index (χ4n) is 7.23. The first-order valence-corrected chi connectivity index (χ1v) is 22.1. The molecule has 0 radical (unpaired) electrons. The van der Waals surface area contributed by atoms with E-state index in [-0.39, 0.29) is 23.2 Å². The summed E-state index contributed by atoms with van der Waals surface area (Å²) in [5.41, 5.74) is 10.7. The topological polar surface area (TPSA) is 150 Å². The van der Waals surface area contributed by atoms with Gasteiger partial charge in [-0.05, 0) is 97.2 Å². The van der Waals surface area contributed by atoms with E-state index in [9.17, 15) is 8.78 Å². The highest BCUT2D eigenvalue weighted by Crippen LogP contribution is 2.41. The minimum atomic E-state index is -0.395. The summed E-state index contributed by atoms with van der Waals surface area (Å²) in [5, 5.41) is 5.57. The molecular formula is C46H39Cl5F2N12O2. The quantitative estimate of drug-likeness (QED) is 0.121. The van der Waals surface area contributed by atoms with Gasteiger partial charge in [0.05, 0.1) is 59.9 Å². The van der Waals surface area contributed by atoms with E-state index in [0.29, 0.717) is 85.1 Å². The molecule has 67 heavy (non-hydrogen) atoms. The third-order valence-corrected chi connectivity index (χ3v) is 11.9. The van der Waals surface area contributed by atoms with Gasteiger partial charge in [-0.1, -0.05) is 58.5 Å². The normalized spacial score (nSPS) is 14.9. The molecule has 0 saturated heterocycles. The summed E-state index contributed by atoms with van der Waals surface area (Å²) >= 11 is 30.5. The molecule has 2 atom stereocenters. The number of hydrogen-bond donors (Lipinski definition) is 2. The van der Waals surface area contributed by atoms with Crippen molar-refractivity contribution in [2.45, 2.75) is 25.9 Å². The van der Waals surface area contributed by atoms with Gasteiger partial charge in [-0.25, -0.2) is 28.7 Å². The van der Waals surface area contributed by atoms with Crippen molar-refractivity contribution in [3.63, 3.8) is 0 Å². The molecule has 0 amide bonds. The lowest BCUT2D eigenvalue weighted by Gasteiger charge is -2.35. The Balaban J connectivity index is 0.000000151. The second-order valence-electron chi connectivity index (χ2n) is 15.3. The van der Waals surface area contributed by atoms with Gasteiger partial charge in [0, 0.05) is 58.0 Å². The minimum Gasteiger partial charge on any atom is -0.486 e. The third-order valence-electron chi connectivity index (χ3n) is 10.6. The number of rotatable bonds is 6. The van der Waals surface area contributed by atoms with E-state index >= 15 is 0 Å². The number of benzene rings is 4. The number of nitrogens with zero attached hydrogens (tertiary/aromatic N) is 10. The molecule has 3 N–H and O–H groups in total. The molecule has 10 rings (SSSR count). The highest BCUT2D eigenvalue weighted by molar-refractivity contribution is 6.35. The molecule has 0 fully saturated rings. The minimum absolute atomic E-state index is 0.0572. The molecule has 0 aliphatic carbocycles. The number of nitrogens with one attached hydrogen (secondary N) is 1. The van der Waals surface area contributed by atoms with Crippen LogP contribution >= 0.6 is 58.0 Å². The van der Waals surface area contributed by atoms with Crippen LogP contribution in [0.15, 0.2) is 110 Å². The predicted molar refractivity (Wildman–Crippen MR) is 259 cm³/mol. The Morgan fingerprint density at radius 2 is 1.13 bits per heavy atom. The Morgan fingerprint density at radius 3 is 1.63 bits per heavy atom. The van der Waals surface area contributed by atoms with E-state index in [1.165, 1.54) is 12.1 Å². The summed E-state index contributed by atoms with van der Waals surface area (Å²) in [4.78, 5) is 29.1. The summed E-state index contributed by atoms with van der Waals surface area (Å²) in [6.07, 6.45) is 9.84. The summed E-state index contributed by atoms with van der Waals surface area (Å²) in [7, 11) is 3.83. The van der Waals surface area contributed by atoms with E-state index in [1.54, 1.807) is 95.1 Å². The average molecular weight is 1010 g/mol. The van der Waals surface area contributed by atoms with Gasteiger partial charge in [0.15, 0.2) is 23.1 Å². The zero-order valence-electron chi connectivity index (χ0n) is 36.0. The molecule has 0 spiro atoms. The molecule has 4 aromatic heterocycles. The maximum atomic E-state index is 14.7. The van der Waals surface area contributed by atoms with Crippen LogP contribution in [-0.2, 0) is 0 Å². The zero-order chi connectivity index (χ0) is 47.5. The van der Waals surface area contributed by atoms with Gasteiger partial charge in [-0.15, -0.1) is 0 Å². The number of aromatic nitrogens is 8. The molecule has 2 unspecified atom stereocenters. The number of ether oxygens (including phenoxy) is 2. The van der Waals surface area contributed by atoms with Gasteiger partial charge >= 0.3 is 0 Å². The largest absolute Gasteiger partial charge is 0.486 e. The van der Waals surface area contributed by atoms with E-state index in [0.717, 1.165) is 22.5 Å². The van der Waals surface area contributed by atoms with Gasteiger partial charge in [-0.2, -0.15) is 9.97 Å². The Labute approximate surface area is 408 Å². The molecule has 2 aliphatic rings. The second kappa shape index (κ2) is 20.2. The molecular weight excluding hydrogens is 968 g/mol. The first kappa shape index (κ1) is 47.1. The van der Waals surface area contributed by atoms with Gasteiger partial charge in [0.25, 0.3) is 0 Å². The zero-order valence-corrected chi connectivity index (χ0v) is 39.8. The van der Waals surface area contributed by atoms with Gasteiger partial charge in [-0.3, -0.25) is 0 Å². The Kier molecular flexibility index (Phi) is 14.2. The monoisotopic (exact) mass is 1000 g/mol. The fraction of sp³-hybridized carbons (Fsp3) is 0.174. The van der Waals surface area contributed by atoms with Crippen molar-refractivity contribution < 1.29 is 18.3 Å². The van der Waals surface area contributed by atoms with Crippen LogP contribution in [0.1, 0.15) is 34.6 Å². The maximum Gasteiger partial charge on any atom is 0.229 e. The van der Waals surface area contributed by atoms with E-state index in [4.69, 9.17) is 73.2 Å². The van der Waals surface area contributed by atoms with Crippen LogP contribution in [-0.4, -0.2) is 66.3 Å². The number of nitrogen functional groups attached to an aromatic ring is 1. The molecule has 344 valence electrons. The van der Waals surface area contributed by atoms with E-state index in [1.807, 2.05) is 49.9 Å². The molecule has 6 heterocycles. The summed E-state index contributed by atoms with van der Waals surface area (Å²) in [6.45, 7) is 4.55. The highest BCUT2D eigenvalue weighted by atomic mass is 35.5. The second-order valence-corrected chi connectivity index (χ2v) is 17.3. The van der Waals surface area contributed by atoms with Crippen LogP contribution in [0.3, 0.4) is 0 Å². The fourth-order valence-corrected chi connectivity index (χ4v) is 8.43. The van der Waals surface area contributed by atoms with Crippen LogP contribution in [0.5, 0.6) is 11.5 Å². The SMILES string of the molecule is CN1c2nc(Cl)ncc2OCC1c1ccc(Cl)cc1Cl.Cc1cn(-c2ccc(N)cc2F)cn1.Cc1cn(-c2ccc(Nc3ncc4c(n3)N(C)C(c3ccc(Cl)cc3Cl)CO4)cc2F)cn1. The van der Waals surface area contributed by atoms with Crippen LogP contribution in [0.2, 0.25) is 25.4 Å². The number of nitrogens with two attached hydrogens (primary N) is 1. The van der Waals surface area contributed by atoms with Crippen molar-refractivity contribution in [2.75, 3.05) is 48.2 Å². The average Bonchev–Trinajstić information content (AvgIpc) is 3.93. The molecule has 4 aromatic carbocycles. The maximum absolute atomic E-state index is 14.7. The van der Waals surface area contributed by atoms with Crippen molar-refractivity contribution in [1.29, 1.82) is 0 Å². The summed E-state index contributed by atoms with van der Waals surface area (Å²) in [6, 6.07) is 20.0. The van der Waals surface area contributed by atoms with Crippen LogP contribution < -0.4 is 30.3 Å². The lowest BCUT2D eigenvalue weighted by Crippen LogP contribution is -2.34. The number of aryl methyl sites for hydroxylation is 2. The number of likely N-dealkylation sites (N-methyl/N-ethyl adjacent to an activating group) is 2. The van der Waals surface area contributed by atoms with Gasteiger partial charge in [0.2, 0.25) is 11.2 Å². The Morgan fingerprint density at radius 1 is 0.627 bits per heavy atom. The number of fused-ring (bicyclic) bond motifs is 2. The molecule has 0 bridgehead atoms. The van der Waals surface area contributed by atoms with Crippen LogP contribution in [0.25, 0.3) is 11.4 Å². The predicted octanol–water partition coefficient (Wildman–Crippen LogP) is 11.6. The molecule has 21 heteroatoms.